The zero-order valence-corrected chi connectivity index (χ0v) is 22.3. The average molecular weight is 552 g/mol. The van der Waals surface area contributed by atoms with Gasteiger partial charge in [-0.25, -0.2) is 0 Å². The molecule has 0 radical (unpaired) electrons. The number of carbonyl (C=O) groups excluding carboxylic acids is 2. The fraction of sp³-hybridized carbons (Fsp3) is 0.462. The van der Waals surface area contributed by atoms with Crippen LogP contribution in [-0.2, 0) is 27.1 Å². The Balaban J connectivity index is 0.00000177. The van der Waals surface area contributed by atoms with E-state index < -0.39 is 12.1 Å². The predicted octanol–water partition coefficient (Wildman–Crippen LogP) is 6.46. The number of hydrogen-bond donors (Lipinski definition) is 1. The molecule has 1 atom stereocenters. The molecule has 2 rings (SSSR count). The highest BCUT2D eigenvalue weighted by Crippen LogP contribution is 2.13. The largest absolute Gasteiger partial charge is 0.525 e. The Bertz CT molecular complexity index is 748. The molecule has 0 amide bonds. The van der Waals surface area contributed by atoms with Crippen molar-refractivity contribution in [3.05, 3.63) is 71.3 Å². The molecule has 176 valence electrons. The summed E-state index contributed by atoms with van der Waals surface area (Å²) in [6.07, 6.45) is 2.28. The number of halogens is 1. The van der Waals surface area contributed by atoms with Gasteiger partial charge in [0.2, 0.25) is 0 Å². The van der Waals surface area contributed by atoms with Crippen LogP contribution in [0.25, 0.3) is 0 Å². The Labute approximate surface area is 208 Å². The fourth-order valence-corrected chi connectivity index (χ4v) is 3.09. The van der Waals surface area contributed by atoms with Gasteiger partial charge >= 0.3 is 4.77 Å². The Morgan fingerprint density at radius 3 is 2.00 bits per heavy atom. The van der Waals surface area contributed by atoms with Crippen molar-refractivity contribution in [2.45, 2.75) is 79.1 Å². The predicted molar refractivity (Wildman–Crippen MR) is 143 cm³/mol. The SMILES string of the molecule is CB(I)OC(=O)CC(=O)CC(O)CCc1ccc(Cc2ccccc2)cc1.CC.CCC. The minimum atomic E-state index is -0.744. The summed E-state index contributed by atoms with van der Waals surface area (Å²) in [6, 6.07) is 18.6. The van der Waals surface area contributed by atoms with E-state index >= 15 is 0 Å². The molecular formula is C26H38BIO4. The molecule has 0 saturated heterocycles. The van der Waals surface area contributed by atoms with Crippen molar-refractivity contribution in [3.63, 3.8) is 0 Å². The minimum Gasteiger partial charge on any atom is -0.525 e. The monoisotopic (exact) mass is 552 g/mol. The lowest BCUT2D eigenvalue weighted by Gasteiger charge is -2.11. The number of aryl methyl sites for hydroxylation is 1. The van der Waals surface area contributed by atoms with E-state index in [-0.39, 0.29) is 23.4 Å². The topological polar surface area (TPSA) is 63.6 Å². The summed E-state index contributed by atoms with van der Waals surface area (Å²) in [5, 5.41) is 10.1. The second-order valence-electron chi connectivity index (χ2n) is 7.33. The lowest BCUT2D eigenvalue weighted by atomic mass is 9.99. The highest BCUT2D eigenvalue weighted by molar-refractivity contribution is 14.1. The van der Waals surface area contributed by atoms with Gasteiger partial charge in [0.25, 0.3) is 5.97 Å². The van der Waals surface area contributed by atoms with E-state index in [4.69, 9.17) is 4.65 Å². The summed E-state index contributed by atoms with van der Waals surface area (Å²) in [6.45, 7) is 9.98. The number of hydrogen-bond acceptors (Lipinski definition) is 4. The molecule has 32 heavy (non-hydrogen) atoms. The highest BCUT2D eigenvalue weighted by atomic mass is 127. The molecule has 6 heteroatoms. The summed E-state index contributed by atoms with van der Waals surface area (Å²) in [5.74, 6) is -0.828. The fourth-order valence-electron chi connectivity index (χ4n) is 2.81. The van der Waals surface area contributed by atoms with E-state index in [1.54, 1.807) is 6.82 Å². The second-order valence-corrected chi connectivity index (χ2v) is 9.09. The average Bonchev–Trinajstić information content (AvgIpc) is 2.75. The van der Waals surface area contributed by atoms with E-state index in [1.807, 2.05) is 54.4 Å². The zero-order chi connectivity index (χ0) is 24.4. The van der Waals surface area contributed by atoms with Crippen LogP contribution in [0.3, 0.4) is 0 Å². The molecule has 0 aliphatic rings. The van der Waals surface area contributed by atoms with Gasteiger partial charge in [0.05, 0.1) is 6.10 Å². The molecule has 2 aromatic carbocycles. The van der Waals surface area contributed by atoms with Gasteiger partial charge in [0, 0.05) is 6.42 Å². The van der Waals surface area contributed by atoms with Crippen LogP contribution in [0.1, 0.15) is 70.1 Å². The molecule has 0 bridgehead atoms. The number of rotatable bonds is 10. The van der Waals surface area contributed by atoms with Crippen molar-refractivity contribution < 1.29 is 19.3 Å². The van der Waals surface area contributed by atoms with Crippen LogP contribution in [0.2, 0.25) is 6.82 Å². The standard InChI is InChI=1S/C21H24BIO4.C3H8.C2H6/c1-22(23)27-21(26)15-20(25)14-19(24)12-11-16-7-9-18(10-8-16)13-17-5-3-2-4-6-17;1-3-2;1-2/h2-10,19,24H,11-15H2,1H3;3H2,1-2H3;1-2H3. The maximum atomic E-state index is 11.8. The molecule has 0 aromatic heterocycles. The second kappa shape index (κ2) is 18.9. The molecule has 1 unspecified atom stereocenters. The van der Waals surface area contributed by atoms with Gasteiger partial charge < -0.3 is 9.76 Å². The third-order valence-electron chi connectivity index (χ3n) is 4.14. The molecule has 2 aromatic rings. The molecule has 0 saturated carbocycles. The first-order valence-corrected chi connectivity index (χ1v) is 12.7. The normalized spacial score (nSPS) is 10.6. The van der Waals surface area contributed by atoms with Crippen molar-refractivity contribution in [1.82, 2.24) is 0 Å². The number of carbonyl (C=O) groups is 2. The zero-order valence-electron chi connectivity index (χ0n) is 20.1. The Morgan fingerprint density at radius 2 is 1.47 bits per heavy atom. The van der Waals surface area contributed by atoms with Crippen molar-refractivity contribution in [1.29, 1.82) is 0 Å². The van der Waals surface area contributed by atoms with Crippen LogP contribution in [0, 0.1) is 0 Å². The lowest BCUT2D eigenvalue weighted by molar-refractivity contribution is -0.138. The number of benzene rings is 2. The summed E-state index contributed by atoms with van der Waals surface area (Å²) in [7, 11) is 0. The molecular weight excluding hydrogens is 514 g/mol. The number of aliphatic hydroxyl groups is 1. The first-order chi connectivity index (χ1) is 15.3. The molecule has 0 spiro atoms. The number of ketones is 1. The van der Waals surface area contributed by atoms with Crippen molar-refractivity contribution in [3.8, 4) is 0 Å². The first kappa shape index (κ1) is 30.3. The van der Waals surface area contributed by atoms with Crippen molar-refractivity contribution in [2.75, 3.05) is 0 Å². The van der Waals surface area contributed by atoms with E-state index in [9.17, 15) is 14.7 Å². The van der Waals surface area contributed by atoms with Crippen molar-refractivity contribution >= 4 is 38.9 Å². The van der Waals surface area contributed by atoms with Crippen LogP contribution in [0.15, 0.2) is 54.6 Å². The highest BCUT2D eigenvalue weighted by Gasteiger charge is 2.17. The van der Waals surface area contributed by atoms with Gasteiger partial charge in [-0.15, -0.1) is 0 Å². The van der Waals surface area contributed by atoms with Crippen LogP contribution in [0.4, 0.5) is 0 Å². The van der Waals surface area contributed by atoms with Gasteiger partial charge in [-0.3, -0.25) is 9.59 Å². The third kappa shape index (κ3) is 15.2. The molecule has 1 N–H and O–H groups in total. The Hall–Kier alpha value is -1.67. The summed E-state index contributed by atoms with van der Waals surface area (Å²) in [4.78, 5) is 23.3. The minimum absolute atomic E-state index is 0.0170. The maximum Gasteiger partial charge on any atom is 0.428 e. The smallest absolute Gasteiger partial charge is 0.428 e. The lowest BCUT2D eigenvalue weighted by Crippen LogP contribution is -2.20. The van der Waals surface area contributed by atoms with Crippen LogP contribution >= 0.6 is 22.4 Å². The third-order valence-corrected chi connectivity index (χ3v) is 4.39. The summed E-state index contributed by atoms with van der Waals surface area (Å²) >= 11 is 1.95. The molecule has 0 aliphatic carbocycles. The first-order valence-electron chi connectivity index (χ1n) is 11.5. The van der Waals surface area contributed by atoms with Crippen LogP contribution < -0.4 is 0 Å². The van der Waals surface area contributed by atoms with Crippen molar-refractivity contribution in [2.24, 2.45) is 0 Å². The van der Waals surface area contributed by atoms with E-state index in [2.05, 4.69) is 50.2 Å². The van der Waals surface area contributed by atoms with E-state index in [1.165, 1.54) is 17.5 Å². The van der Waals surface area contributed by atoms with Gasteiger partial charge in [-0.05, 0) is 42.8 Å². The molecule has 0 fully saturated rings. The number of aliphatic hydroxyl groups excluding tert-OH is 1. The summed E-state index contributed by atoms with van der Waals surface area (Å²) in [5.41, 5.74) is 3.63. The maximum absolute atomic E-state index is 11.8. The van der Waals surface area contributed by atoms with Crippen LogP contribution in [0.5, 0.6) is 0 Å². The Kier molecular flexibility index (Phi) is 17.9. The van der Waals surface area contributed by atoms with Gasteiger partial charge in [-0.2, -0.15) is 0 Å². The van der Waals surface area contributed by atoms with E-state index in [0.717, 1.165) is 12.0 Å². The molecule has 0 heterocycles. The van der Waals surface area contributed by atoms with Gasteiger partial charge in [0.15, 0.2) is 0 Å². The number of Topliss-reactive ketones (excluding diaryl/α,β-unsaturated/α-hetero) is 1. The van der Waals surface area contributed by atoms with Crippen LogP contribution in [-0.4, -0.2) is 27.7 Å². The van der Waals surface area contributed by atoms with E-state index in [0.29, 0.717) is 12.8 Å². The van der Waals surface area contributed by atoms with Gasteiger partial charge in [-0.1, -0.05) is 111 Å². The van der Waals surface area contributed by atoms with Gasteiger partial charge in [0.1, 0.15) is 12.2 Å². The molecule has 4 nitrogen and oxygen atoms in total. The quantitative estimate of drug-likeness (QED) is 0.209. The Morgan fingerprint density at radius 1 is 0.969 bits per heavy atom. The summed E-state index contributed by atoms with van der Waals surface area (Å²) < 4.78 is 4.66. The molecule has 0 aliphatic heterocycles.